The zero-order valence-electron chi connectivity index (χ0n) is 15.6. The average molecular weight is 388 g/mol. The van der Waals surface area contributed by atoms with E-state index in [0.29, 0.717) is 5.56 Å². The zero-order valence-corrected chi connectivity index (χ0v) is 15.6. The van der Waals surface area contributed by atoms with Crippen LogP contribution < -0.4 is 5.32 Å². The first kappa shape index (κ1) is 19.7. The van der Waals surface area contributed by atoms with Gasteiger partial charge in [-0.25, -0.2) is 0 Å². The van der Waals surface area contributed by atoms with Gasteiger partial charge in [-0.1, -0.05) is 29.8 Å². The Kier molecular flexibility index (Phi) is 5.02. The number of amides is 2. The Morgan fingerprint density at radius 3 is 2.32 bits per heavy atom. The summed E-state index contributed by atoms with van der Waals surface area (Å²) in [7, 11) is 0. The number of hydrogen-bond acceptors (Lipinski definition) is 3. The average Bonchev–Trinajstić information content (AvgIpc) is 2.85. The molecule has 1 aliphatic rings. The number of aryl methyl sites for hydroxylation is 2. The normalized spacial score (nSPS) is 14.9. The van der Waals surface area contributed by atoms with Gasteiger partial charge in [0.15, 0.2) is 0 Å². The first-order valence-corrected chi connectivity index (χ1v) is 8.76. The molecule has 7 heteroatoms. The molecule has 4 nitrogen and oxygen atoms in total. The van der Waals surface area contributed by atoms with Crippen LogP contribution in [-0.4, -0.2) is 23.3 Å². The van der Waals surface area contributed by atoms with Crippen LogP contribution in [0.25, 0.3) is 5.57 Å². The standard InChI is InChI=1S/C21H19F3N2O2/c1-4-26-19(27)17(16-9-8-12(2)10-13(16)3)18(20(26)28)25-15-7-5-6-14(11-15)21(22,23)24/h5-11,25H,4H2,1-3H3. The molecule has 0 fully saturated rings. The summed E-state index contributed by atoms with van der Waals surface area (Å²) in [6.45, 7) is 5.57. The number of benzene rings is 2. The van der Waals surface area contributed by atoms with Gasteiger partial charge >= 0.3 is 6.18 Å². The lowest BCUT2D eigenvalue weighted by molar-refractivity contribution is -0.138. The minimum Gasteiger partial charge on any atom is -0.350 e. The number of likely N-dealkylation sites (N-methyl/N-ethyl adjacent to an activating group) is 1. The number of carbonyl (C=O) groups is 2. The third-order valence-corrected chi connectivity index (χ3v) is 4.59. The van der Waals surface area contributed by atoms with E-state index in [4.69, 9.17) is 0 Å². The van der Waals surface area contributed by atoms with Crippen molar-refractivity contribution in [2.24, 2.45) is 0 Å². The van der Waals surface area contributed by atoms with Crippen molar-refractivity contribution in [2.75, 3.05) is 11.9 Å². The van der Waals surface area contributed by atoms with Gasteiger partial charge in [0.25, 0.3) is 11.8 Å². The van der Waals surface area contributed by atoms with E-state index in [2.05, 4.69) is 5.32 Å². The molecule has 0 spiro atoms. The lowest BCUT2D eigenvalue weighted by Crippen LogP contribution is -2.32. The van der Waals surface area contributed by atoms with Crippen LogP contribution in [-0.2, 0) is 15.8 Å². The highest BCUT2D eigenvalue weighted by molar-refractivity contribution is 6.36. The molecule has 0 bridgehead atoms. The fourth-order valence-electron chi connectivity index (χ4n) is 3.24. The molecule has 0 aliphatic carbocycles. The Morgan fingerprint density at radius 1 is 1.00 bits per heavy atom. The predicted molar refractivity (Wildman–Crippen MR) is 100 cm³/mol. The van der Waals surface area contributed by atoms with Crippen LogP contribution in [0.4, 0.5) is 18.9 Å². The summed E-state index contributed by atoms with van der Waals surface area (Å²) >= 11 is 0. The van der Waals surface area contributed by atoms with Gasteiger partial charge in [0.1, 0.15) is 5.70 Å². The highest BCUT2D eigenvalue weighted by Crippen LogP contribution is 2.34. The van der Waals surface area contributed by atoms with Crippen molar-refractivity contribution in [3.8, 4) is 0 Å². The van der Waals surface area contributed by atoms with Gasteiger partial charge < -0.3 is 5.32 Å². The summed E-state index contributed by atoms with van der Waals surface area (Å²) in [5.74, 6) is -1.02. The van der Waals surface area contributed by atoms with Crippen molar-refractivity contribution in [3.05, 3.63) is 70.4 Å². The first-order valence-electron chi connectivity index (χ1n) is 8.76. The van der Waals surface area contributed by atoms with Crippen LogP contribution in [0, 0.1) is 13.8 Å². The van der Waals surface area contributed by atoms with E-state index >= 15 is 0 Å². The number of imide groups is 1. The molecule has 0 atom stereocenters. The highest BCUT2D eigenvalue weighted by atomic mass is 19.4. The molecule has 2 amide bonds. The molecular weight excluding hydrogens is 369 g/mol. The summed E-state index contributed by atoms with van der Waals surface area (Å²) in [5.41, 5.74) is 1.78. The van der Waals surface area contributed by atoms with Crippen molar-refractivity contribution in [1.82, 2.24) is 4.90 Å². The molecule has 0 saturated carbocycles. The lowest BCUT2D eigenvalue weighted by atomic mass is 9.97. The summed E-state index contributed by atoms with van der Waals surface area (Å²) < 4.78 is 39.0. The Balaban J connectivity index is 2.12. The number of hydrogen-bond donors (Lipinski definition) is 1. The van der Waals surface area contributed by atoms with Crippen LogP contribution in [0.5, 0.6) is 0 Å². The van der Waals surface area contributed by atoms with Crippen LogP contribution in [0.1, 0.15) is 29.2 Å². The molecule has 146 valence electrons. The van der Waals surface area contributed by atoms with E-state index in [-0.39, 0.29) is 23.5 Å². The van der Waals surface area contributed by atoms with Crippen LogP contribution in [0.15, 0.2) is 48.2 Å². The maximum Gasteiger partial charge on any atom is 0.416 e. The second-order valence-corrected chi connectivity index (χ2v) is 6.63. The molecular formula is C21H19F3N2O2. The van der Waals surface area contributed by atoms with E-state index in [1.54, 1.807) is 13.0 Å². The lowest BCUT2D eigenvalue weighted by Gasteiger charge is -2.13. The van der Waals surface area contributed by atoms with Gasteiger partial charge in [0, 0.05) is 12.2 Å². The predicted octanol–water partition coefficient (Wildman–Crippen LogP) is 4.53. The number of halogens is 3. The monoisotopic (exact) mass is 388 g/mol. The van der Waals surface area contributed by atoms with Gasteiger partial charge in [-0.2, -0.15) is 13.2 Å². The number of nitrogens with one attached hydrogen (secondary N) is 1. The molecule has 0 aromatic heterocycles. The molecule has 3 rings (SSSR count). The summed E-state index contributed by atoms with van der Waals surface area (Å²) in [6, 6.07) is 10.00. The van der Waals surface area contributed by atoms with E-state index in [1.807, 2.05) is 26.0 Å². The molecule has 28 heavy (non-hydrogen) atoms. The summed E-state index contributed by atoms with van der Waals surface area (Å²) in [4.78, 5) is 26.7. The van der Waals surface area contributed by atoms with Crippen molar-refractivity contribution in [1.29, 1.82) is 0 Å². The van der Waals surface area contributed by atoms with Crippen LogP contribution in [0.2, 0.25) is 0 Å². The van der Waals surface area contributed by atoms with Gasteiger partial charge in [0.2, 0.25) is 0 Å². The zero-order chi connectivity index (χ0) is 20.6. The van der Waals surface area contributed by atoms with E-state index in [0.717, 1.165) is 28.2 Å². The number of nitrogens with zero attached hydrogens (tertiary/aromatic N) is 1. The first-order chi connectivity index (χ1) is 13.1. The van der Waals surface area contributed by atoms with Gasteiger partial charge in [-0.15, -0.1) is 0 Å². The molecule has 0 unspecified atom stereocenters. The molecule has 1 N–H and O–H groups in total. The smallest absolute Gasteiger partial charge is 0.350 e. The van der Waals surface area contributed by atoms with E-state index in [1.165, 1.54) is 12.1 Å². The third-order valence-electron chi connectivity index (χ3n) is 4.59. The topological polar surface area (TPSA) is 49.4 Å². The van der Waals surface area contributed by atoms with E-state index in [9.17, 15) is 22.8 Å². The molecule has 2 aromatic rings. The fraction of sp³-hybridized carbons (Fsp3) is 0.238. The SMILES string of the molecule is CCN1C(=O)C(Nc2cccc(C(F)(F)F)c2)=C(c2ccc(C)cc2C)C1=O. The van der Waals surface area contributed by atoms with Crippen molar-refractivity contribution < 1.29 is 22.8 Å². The second kappa shape index (κ2) is 7.14. The van der Waals surface area contributed by atoms with Crippen LogP contribution >= 0.6 is 0 Å². The fourth-order valence-corrected chi connectivity index (χ4v) is 3.24. The summed E-state index contributed by atoms with van der Waals surface area (Å²) in [5, 5.41) is 2.76. The maximum absolute atomic E-state index is 13.0. The Morgan fingerprint density at radius 2 is 1.71 bits per heavy atom. The number of anilines is 1. The molecule has 0 saturated heterocycles. The Bertz CT molecular complexity index is 993. The second-order valence-electron chi connectivity index (χ2n) is 6.63. The molecule has 2 aromatic carbocycles. The quantitative estimate of drug-likeness (QED) is 0.783. The van der Waals surface area contributed by atoms with E-state index < -0.39 is 23.6 Å². The molecule has 1 aliphatic heterocycles. The van der Waals surface area contributed by atoms with Crippen molar-refractivity contribution in [3.63, 3.8) is 0 Å². The minimum atomic E-state index is -4.51. The van der Waals surface area contributed by atoms with Gasteiger partial charge in [-0.3, -0.25) is 14.5 Å². The molecule has 1 heterocycles. The number of alkyl halides is 3. The number of rotatable bonds is 4. The Hall–Kier alpha value is -3.09. The van der Waals surface area contributed by atoms with Crippen molar-refractivity contribution in [2.45, 2.75) is 26.9 Å². The highest BCUT2D eigenvalue weighted by Gasteiger charge is 2.39. The van der Waals surface area contributed by atoms with Gasteiger partial charge in [0.05, 0.1) is 11.1 Å². The minimum absolute atomic E-state index is 0.0156. The van der Waals surface area contributed by atoms with Gasteiger partial charge in [-0.05, 0) is 50.1 Å². The van der Waals surface area contributed by atoms with Crippen molar-refractivity contribution >= 4 is 23.1 Å². The van der Waals surface area contributed by atoms with Crippen LogP contribution in [0.3, 0.4) is 0 Å². The maximum atomic E-state index is 13.0. The largest absolute Gasteiger partial charge is 0.416 e. The summed E-state index contributed by atoms with van der Waals surface area (Å²) in [6.07, 6.45) is -4.51. The Labute approximate surface area is 160 Å². The third kappa shape index (κ3) is 3.52. The number of carbonyl (C=O) groups excluding carboxylic acids is 2. The molecule has 0 radical (unpaired) electrons.